The highest BCUT2D eigenvalue weighted by molar-refractivity contribution is 5.52. The average molecular weight is 353 g/mol. The van der Waals surface area contributed by atoms with Crippen molar-refractivity contribution in [1.82, 2.24) is 4.90 Å². The van der Waals surface area contributed by atoms with Crippen LogP contribution >= 0.6 is 0 Å². The Balaban J connectivity index is 2.19. The zero-order valence-electron chi connectivity index (χ0n) is 16.0. The first-order valence-electron chi connectivity index (χ1n) is 8.80. The maximum atomic E-state index is 10.1. The molecule has 2 rings (SSSR count). The SMILES string of the molecule is CC[C@H](C)N(CC#Cc1ccccc1)Cc1cc(OC)c(O)c(OC)c1. The highest BCUT2D eigenvalue weighted by Crippen LogP contribution is 2.37. The molecule has 0 aliphatic rings. The lowest BCUT2D eigenvalue weighted by Gasteiger charge is -2.26. The molecule has 4 heteroatoms. The third kappa shape index (κ3) is 5.18. The van der Waals surface area contributed by atoms with Crippen molar-refractivity contribution >= 4 is 0 Å². The molecule has 0 spiro atoms. The minimum Gasteiger partial charge on any atom is -0.502 e. The van der Waals surface area contributed by atoms with Crippen LogP contribution in [0.5, 0.6) is 17.2 Å². The van der Waals surface area contributed by atoms with Crippen LogP contribution in [0, 0.1) is 11.8 Å². The quantitative estimate of drug-likeness (QED) is 0.762. The van der Waals surface area contributed by atoms with E-state index in [2.05, 4.69) is 30.6 Å². The van der Waals surface area contributed by atoms with Gasteiger partial charge in [-0.15, -0.1) is 0 Å². The Hall–Kier alpha value is -2.64. The number of benzene rings is 2. The van der Waals surface area contributed by atoms with Crippen molar-refractivity contribution in [3.8, 4) is 29.1 Å². The molecule has 26 heavy (non-hydrogen) atoms. The Morgan fingerprint density at radius 3 is 2.23 bits per heavy atom. The van der Waals surface area contributed by atoms with E-state index in [1.807, 2.05) is 42.5 Å². The van der Waals surface area contributed by atoms with Crippen molar-refractivity contribution in [2.24, 2.45) is 0 Å². The number of hydrogen-bond donors (Lipinski definition) is 1. The first-order valence-corrected chi connectivity index (χ1v) is 8.80. The van der Waals surface area contributed by atoms with Gasteiger partial charge in [0, 0.05) is 18.2 Å². The monoisotopic (exact) mass is 353 g/mol. The topological polar surface area (TPSA) is 41.9 Å². The van der Waals surface area contributed by atoms with Gasteiger partial charge < -0.3 is 14.6 Å². The zero-order chi connectivity index (χ0) is 18.9. The van der Waals surface area contributed by atoms with E-state index >= 15 is 0 Å². The predicted molar refractivity (Wildman–Crippen MR) is 105 cm³/mol. The van der Waals surface area contributed by atoms with Crippen molar-refractivity contribution in [3.05, 3.63) is 53.6 Å². The first kappa shape index (κ1) is 19.7. The van der Waals surface area contributed by atoms with Gasteiger partial charge >= 0.3 is 0 Å². The summed E-state index contributed by atoms with van der Waals surface area (Å²) < 4.78 is 10.5. The summed E-state index contributed by atoms with van der Waals surface area (Å²) in [7, 11) is 3.08. The summed E-state index contributed by atoms with van der Waals surface area (Å²) in [5.74, 6) is 7.34. The van der Waals surface area contributed by atoms with Gasteiger partial charge in [0.25, 0.3) is 0 Å². The summed E-state index contributed by atoms with van der Waals surface area (Å²) in [6.45, 7) is 5.72. The fourth-order valence-electron chi connectivity index (χ4n) is 2.66. The maximum absolute atomic E-state index is 10.1. The van der Waals surface area contributed by atoms with E-state index in [1.165, 1.54) is 14.2 Å². The average Bonchev–Trinajstić information content (AvgIpc) is 2.68. The van der Waals surface area contributed by atoms with Crippen LogP contribution in [-0.4, -0.2) is 36.8 Å². The molecule has 2 aromatic carbocycles. The number of aromatic hydroxyl groups is 1. The Kier molecular flexibility index (Phi) is 7.37. The second kappa shape index (κ2) is 9.74. The molecule has 0 saturated carbocycles. The molecule has 0 aliphatic heterocycles. The molecule has 138 valence electrons. The predicted octanol–water partition coefficient (Wildman–Crippen LogP) is 4.06. The molecule has 0 unspecified atom stereocenters. The van der Waals surface area contributed by atoms with Crippen LogP contribution < -0.4 is 9.47 Å². The normalized spacial score (nSPS) is 11.6. The molecular formula is C22H27NO3. The minimum absolute atomic E-state index is 0.0257. The number of phenolic OH excluding ortho intramolecular Hbond substituents is 1. The van der Waals surface area contributed by atoms with E-state index in [-0.39, 0.29) is 5.75 Å². The molecule has 0 aromatic heterocycles. The van der Waals surface area contributed by atoms with Gasteiger partial charge in [0.2, 0.25) is 5.75 Å². The highest BCUT2D eigenvalue weighted by Gasteiger charge is 2.16. The molecule has 1 atom stereocenters. The molecule has 0 bridgehead atoms. The lowest BCUT2D eigenvalue weighted by Crippen LogP contribution is -2.32. The van der Waals surface area contributed by atoms with Crippen LogP contribution in [0.2, 0.25) is 0 Å². The third-order valence-corrected chi connectivity index (χ3v) is 4.43. The summed E-state index contributed by atoms with van der Waals surface area (Å²) in [4.78, 5) is 2.31. The second-order valence-corrected chi connectivity index (χ2v) is 6.18. The van der Waals surface area contributed by atoms with Crippen LogP contribution in [0.3, 0.4) is 0 Å². The highest BCUT2D eigenvalue weighted by atomic mass is 16.5. The molecule has 1 N–H and O–H groups in total. The fraction of sp³-hybridized carbons (Fsp3) is 0.364. The first-order chi connectivity index (χ1) is 12.6. The lowest BCUT2D eigenvalue weighted by atomic mass is 10.1. The van der Waals surface area contributed by atoms with Crippen molar-refractivity contribution in [3.63, 3.8) is 0 Å². The number of nitrogens with zero attached hydrogens (tertiary/aromatic N) is 1. The molecule has 0 saturated heterocycles. The standard InChI is InChI=1S/C22H27NO3/c1-5-17(2)23(13-9-12-18-10-7-6-8-11-18)16-19-14-20(25-3)22(24)21(15-19)26-4/h6-8,10-11,14-15,17,24H,5,13,16H2,1-4H3/t17-/m0/s1. The second-order valence-electron chi connectivity index (χ2n) is 6.18. The Labute approximate surface area is 156 Å². The third-order valence-electron chi connectivity index (χ3n) is 4.43. The van der Waals surface area contributed by atoms with Crippen LogP contribution in [0.15, 0.2) is 42.5 Å². The van der Waals surface area contributed by atoms with Gasteiger partial charge in [-0.2, -0.15) is 0 Å². The minimum atomic E-state index is 0.0257. The van der Waals surface area contributed by atoms with Crippen molar-refractivity contribution in [2.75, 3.05) is 20.8 Å². The van der Waals surface area contributed by atoms with Gasteiger partial charge in [0.1, 0.15) is 0 Å². The molecule has 0 fully saturated rings. The van der Waals surface area contributed by atoms with Crippen molar-refractivity contribution in [2.45, 2.75) is 32.9 Å². The van der Waals surface area contributed by atoms with Crippen LogP contribution in [0.4, 0.5) is 0 Å². The molecule has 0 heterocycles. The summed E-state index contributed by atoms with van der Waals surface area (Å²) in [6, 6.07) is 14.1. The summed E-state index contributed by atoms with van der Waals surface area (Å²) in [5.41, 5.74) is 2.03. The Bertz CT molecular complexity index is 737. The Morgan fingerprint density at radius 2 is 1.69 bits per heavy atom. The van der Waals surface area contributed by atoms with E-state index < -0.39 is 0 Å². The van der Waals surface area contributed by atoms with Crippen LogP contribution in [-0.2, 0) is 6.54 Å². The molecule has 0 amide bonds. The largest absolute Gasteiger partial charge is 0.502 e. The van der Waals surface area contributed by atoms with Crippen molar-refractivity contribution in [1.29, 1.82) is 0 Å². The van der Waals surface area contributed by atoms with E-state index in [0.29, 0.717) is 30.6 Å². The number of hydrogen-bond acceptors (Lipinski definition) is 4. The van der Waals surface area contributed by atoms with Gasteiger partial charge in [0.05, 0.1) is 20.8 Å². The smallest absolute Gasteiger partial charge is 0.200 e. The summed E-state index contributed by atoms with van der Waals surface area (Å²) >= 11 is 0. The molecule has 0 aliphatic carbocycles. The maximum Gasteiger partial charge on any atom is 0.200 e. The van der Waals surface area contributed by atoms with Crippen LogP contribution in [0.1, 0.15) is 31.4 Å². The van der Waals surface area contributed by atoms with Gasteiger partial charge in [-0.3, -0.25) is 4.90 Å². The lowest BCUT2D eigenvalue weighted by molar-refractivity contribution is 0.220. The number of methoxy groups -OCH3 is 2. The molecule has 0 radical (unpaired) electrons. The van der Waals surface area contributed by atoms with E-state index in [0.717, 1.165) is 17.5 Å². The van der Waals surface area contributed by atoms with Gasteiger partial charge in [0.15, 0.2) is 11.5 Å². The molecule has 2 aromatic rings. The van der Waals surface area contributed by atoms with Gasteiger partial charge in [-0.25, -0.2) is 0 Å². The number of ether oxygens (including phenoxy) is 2. The van der Waals surface area contributed by atoms with Gasteiger partial charge in [-0.1, -0.05) is 37.0 Å². The molecule has 4 nitrogen and oxygen atoms in total. The van der Waals surface area contributed by atoms with Crippen LogP contribution in [0.25, 0.3) is 0 Å². The van der Waals surface area contributed by atoms with E-state index in [9.17, 15) is 5.11 Å². The Morgan fingerprint density at radius 1 is 1.08 bits per heavy atom. The zero-order valence-corrected chi connectivity index (χ0v) is 16.0. The van der Waals surface area contributed by atoms with E-state index in [1.54, 1.807) is 0 Å². The van der Waals surface area contributed by atoms with E-state index in [4.69, 9.17) is 9.47 Å². The summed E-state index contributed by atoms with van der Waals surface area (Å²) in [6.07, 6.45) is 1.03. The number of phenols is 1. The summed E-state index contributed by atoms with van der Waals surface area (Å²) in [5, 5.41) is 10.1. The fourth-order valence-corrected chi connectivity index (χ4v) is 2.66. The van der Waals surface area contributed by atoms with Crippen molar-refractivity contribution < 1.29 is 14.6 Å². The van der Waals surface area contributed by atoms with Gasteiger partial charge in [-0.05, 0) is 43.2 Å². The number of rotatable bonds is 7. The molecular weight excluding hydrogens is 326 g/mol.